The standard InChI is InChI=1S/C24H26ClN3O/c25-20-11-5-4-8-17(20)15-28-22-13-7-6-12-21(22)26-24(28)18-14-23(29)27(16-18)19-9-2-1-3-10-19/h4-8,11-13,18-19H,1-3,9-10,14-16H2. The van der Waals surface area contributed by atoms with Crippen molar-refractivity contribution in [3.63, 3.8) is 0 Å². The van der Waals surface area contributed by atoms with E-state index in [0.717, 1.165) is 46.8 Å². The van der Waals surface area contributed by atoms with Gasteiger partial charge in [0.05, 0.1) is 17.6 Å². The van der Waals surface area contributed by atoms with Crippen molar-refractivity contribution in [3.05, 3.63) is 64.9 Å². The predicted octanol–water partition coefficient (Wildman–Crippen LogP) is 5.39. The van der Waals surface area contributed by atoms with Crippen molar-refractivity contribution in [1.82, 2.24) is 14.5 Å². The fourth-order valence-corrected chi connectivity index (χ4v) is 5.21. The van der Waals surface area contributed by atoms with Crippen molar-refractivity contribution in [2.75, 3.05) is 6.54 Å². The minimum Gasteiger partial charge on any atom is -0.339 e. The van der Waals surface area contributed by atoms with Crippen LogP contribution < -0.4 is 0 Å². The zero-order valence-corrected chi connectivity index (χ0v) is 17.3. The monoisotopic (exact) mass is 407 g/mol. The molecule has 29 heavy (non-hydrogen) atoms. The summed E-state index contributed by atoms with van der Waals surface area (Å²) in [7, 11) is 0. The molecule has 1 atom stereocenters. The van der Waals surface area contributed by atoms with E-state index in [1.807, 2.05) is 30.3 Å². The summed E-state index contributed by atoms with van der Waals surface area (Å²) in [6.07, 6.45) is 6.63. The molecule has 4 nitrogen and oxygen atoms in total. The second-order valence-corrected chi connectivity index (χ2v) is 8.78. The Morgan fingerprint density at radius 2 is 1.76 bits per heavy atom. The maximum absolute atomic E-state index is 12.9. The van der Waals surface area contributed by atoms with Gasteiger partial charge >= 0.3 is 0 Å². The van der Waals surface area contributed by atoms with Gasteiger partial charge in [-0.1, -0.05) is 61.2 Å². The van der Waals surface area contributed by atoms with Crippen molar-refractivity contribution in [2.24, 2.45) is 0 Å². The van der Waals surface area contributed by atoms with E-state index in [1.165, 1.54) is 19.3 Å². The lowest BCUT2D eigenvalue weighted by Crippen LogP contribution is -2.37. The number of likely N-dealkylation sites (tertiary alicyclic amines) is 1. The summed E-state index contributed by atoms with van der Waals surface area (Å²) in [5.41, 5.74) is 3.16. The fraction of sp³-hybridized carbons (Fsp3) is 0.417. The van der Waals surface area contributed by atoms with E-state index in [-0.39, 0.29) is 5.92 Å². The van der Waals surface area contributed by atoms with Gasteiger partial charge in [0.2, 0.25) is 5.91 Å². The van der Waals surface area contributed by atoms with Crippen LogP contribution >= 0.6 is 11.6 Å². The lowest BCUT2D eigenvalue weighted by molar-refractivity contribution is -0.130. The quantitative estimate of drug-likeness (QED) is 0.581. The van der Waals surface area contributed by atoms with Crippen molar-refractivity contribution in [1.29, 1.82) is 0 Å². The highest BCUT2D eigenvalue weighted by Gasteiger charge is 2.37. The molecule has 1 aromatic heterocycles. The molecule has 0 bridgehead atoms. The molecular weight excluding hydrogens is 382 g/mol. The second kappa shape index (κ2) is 7.83. The summed E-state index contributed by atoms with van der Waals surface area (Å²) in [5.74, 6) is 1.44. The van der Waals surface area contributed by atoms with Crippen LogP contribution in [-0.2, 0) is 11.3 Å². The van der Waals surface area contributed by atoms with Crippen LogP contribution in [0.2, 0.25) is 5.02 Å². The number of benzene rings is 2. The molecule has 2 heterocycles. The number of nitrogens with zero attached hydrogens (tertiary/aromatic N) is 3. The minimum absolute atomic E-state index is 0.138. The molecule has 1 amide bonds. The summed E-state index contributed by atoms with van der Waals surface area (Å²) in [6.45, 7) is 1.46. The third kappa shape index (κ3) is 3.55. The average Bonchev–Trinajstić information content (AvgIpc) is 3.31. The fourth-order valence-electron chi connectivity index (χ4n) is 5.02. The number of aromatic nitrogens is 2. The topological polar surface area (TPSA) is 38.1 Å². The number of para-hydroxylation sites is 2. The SMILES string of the molecule is O=C1CC(c2nc3ccccc3n2Cc2ccccc2Cl)CN1C1CCCCC1. The number of hydrogen-bond donors (Lipinski definition) is 0. The molecule has 5 heteroatoms. The molecule has 0 radical (unpaired) electrons. The normalized spacial score (nSPS) is 20.7. The first-order valence-electron chi connectivity index (χ1n) is 10.7. The maximum atomic E-state index is 12.9. The molecule has 0 spiro atoms. The Hall–Kier alpha value is -2.33. The van der Waals surface area contributed by atoms with Gasteiger partial charge in [-0.3, -0.25) is 4.79 Å². The Kier molecular flexibility index (Phi) is 5.04. The third-order valence-corrected chi connectivity index (χ3v) is 6.88. The Balaban J connectivity index is 1.50. The molecule has 2 aromatic carbocycles. The van der Waals surface area contributed by atoms with E-state index < -0.39 is 0 Å². The summed E-state index contributed by atoms with van der Waals surface area (Å²) >= 11 is 6.46. The van der Waals surface area contributed by atoms with Crippen LogP contribution in [0.4, 0.5) is 0 Å². The molecule has 1 aliphatic heterocycles. The summed E-state index contributed by atoms with van der Waals surface area (Å²) < 4.78 is 2.26. The number of amides is 1. The van der Waals surface area contributed by atoms with Crippen LogP contribution in [0.1, 0.15) is 55.8 Å². The Labute approximate surface area is 176 Å². The van der Waals surface area contributed by atoms with E-state index >= 15 is 0 Å². The number of halogens is 1. The second-order valence-electron chi connectivity index (χ2n) is 8.38. The first-order valence-corrected chi connectivity index (χ1v) is 11.1. The molecular formula is C24H26ClN3O. The van der Waals surface area contributed by atoms with Crippen LogP contribution in [0.3, 0.4) is 0 Å². The zero-order valence-electron chi connectivity index (χ0n) is 16.6. The number of fused-ring (bicyclic) bond motifs is 1. The molecule has 2 fully saturated rings. The van der Waals surface area contributed by atoms with Gasteiger partial charge in [0, 0.05) is 29.9 Å². The number of imidazole rings is 1. The van der Waals surface area contributed by atoms with Crippen LogP contribution in [-0.4, -0.2) is 32.9 Å². The van der Waals surface area contributed by atoms with Crippen LogP contribution in [0.5, 0.6) is 0 Å². The first kappa shape index (κ1) is 18.7. The van der Waals surface area contributed by atoms with E-state index in [4.69, 9.17) is 16.6 Å². The molecule has 1 aliphatic carbocycles. The number of carbonyl (C=O) groups excluding carboxylic acids is 1. The maximum Gasteiger partial charge on any atom is 0.223 e. The highest BCUT2D eigenvalue weighted by Crippen LogP contribution is 2.35. The number of hydrogen-bond acceptors (Lipinski definition) is 2. The van der Waals surface area contributed by atoms with Crippen molar-refractivity contribution < 1.29 is 4.79 Å². The highest BCUT2D eigenvalue weighted by molar-refractivity contribution is 6.31. The van der Waals surface area contributed by atoms with Gasteiger partial charge in [-0.15, -0.1) is 0 Å². The largest absolute Gasteiger partial charge is 0.339 e. The molecule has 5 rings (SSSR count). The van der Waals surface area contributed by atoms with Crippen molar-refractivity contribution >= 4 is 28.5 Å². The molecule has 1 saturated heterocycles. The lowest BCUT2D eigenvalue weighted by Gasteiger charge is -2.31. The highest BCUT2D eigenvalue weighted by atomic mass is 35.5. The molecule has 0 N–H and O–H groups in total. The van der Waals surface area contributed by atoms with Gasteiger partial charge in [-0.25, -0.2) is 4.98 Å². The van der Waals surface area contributed by atoms with Crippen LogP contribution in [0.15, 0.2) is 48.5 Å². The minimum atomic E-state index is 0.138. The van der Waals surface area contributed by atoms with Gasteiger partial charge in [0.15, 0.2) is 0 Å². The molecule has 1 saturated carbocycles. The molecule has 3 aromatic rings. The van der Waals surface area contributed by atoms with Gasteiger partial charge < -0.3 is 9.47 Å². The Bertz CT molecular complexity index is 1040. The summed E-state index contributed by atoms with van der Waals surface area (Å²) in [5, 5.41) is 0.766. The van der Waals surface area contributed by atoms with E-state index in [0.29, 0.717) is 24.9 Å². The van der Waals surface area contributed by atoms with Crippen molar-refractivity contribution in [3.8, 4) is 0 Å². The third-order valence-electron chi connectivity index (χ3n) is 6.51. The number of rotatable bonds is 4. The van der Waals surface area contributed by atoms with Gasteiger partial charge in [-0.2, -0.15) is 0 Å². The Morgan fingerprint density at radius 3 is 2.59 bits per heavy atom. The summed E-state index contributed by atoms with van der Waals surface area (Å²) in [6, 6.07) is 16.6. The molecule has 1 unspecified atom stereocenters. The van der Waals surface area contributed by atoms with Gasteiger partial charge in [-0.05, 0) is 36.6 Å². The summed E-state index contributed by atoms with van der Waals surface area (Å²) in [4.78, 5) is 20.0. The predicted molar refractivity (Wildman–Crippen MR) is 116 cm³/mol. The molecule has 2 aliphatic rings. The van der Waals surface area contributed by atoms with E-state index in [1.54, 1.807) is 0 Å². The van der Waals surface area contributed by atoms with E-state index in [2.05, 4.69) is 27.7 Å². The molecule has 150 valence electrons. The lowest BCUT2D eigenvalue weighted by atomic mass is 9.94. The first-order chi connectivity index (χ1) is 14.2. The Morgan fingerprint density at radius 1 is 1.00 bits per heavy atom. The van der Waals surface area contributed by atoms with Crippen molar-refractivity contribution in [2.45, 2.75) is 57.0 Å². The zero-order chi connectivity index (χ0) is 19.8. The average molecular weight is 408 g/mol. The van der Waals surface area contributed by atoms with Crippen LogP contribution in [0.25, 0.3) is 11.0 Å². The van der Waals surface area contributed by atoms with Crippen LogP contribution in [0, 0.1) is 0 Å². The smallest absolute Gasteiger partial charge is 0.223 e. The number of carbonyl (C=O) groups is 1. The van der Waals surface area contributed by atoms with E-state index in [9.17, 15) is 4.79 Å². The van der Waals surface area contributed by atoms with Gasteiger partial charge in [0.25, 0.3) is 0 Å². The van der Waals surface area contributed by atoms with Gasteiger partial charge in [0.1, 0.15) is 5.82 Å².